The van der Waals surface area contributed by atoms with Crippen LogP contribution in [0.25, 0.3) is 0 Å². The fourth-order valence-corrected chi connectivity index (χ4v) is 1.47. The number of hydrogen-bond donors (Lipinski definition) is 2. The summed E-state index contributed by atoms with van der Waals surface area (Å²) in [4.78, 5) is 11.3. The summed E-state index contributed by atoms with van der Waals surface area (Å²) in [7, 11) is 0. The summed E-state index contributed by atoms with van der Waals surface area (Å²) >= 11 is 0. The van der Waals surface area contributed by atoms with Crippen LogP contribution in [0.3, 0.4) is 0 Å². The molecule has 1 aromatic carbocycles. The second-order valence-corrected chi connectivity index (χ2v) is 5.49. The highest BCUT2D eigenvalue weighted by molar-refractivity contribution is 5.77. The zero-order chi connectivity index (χ0) is 14.3. The Hall–Kier alpha value is -1.55. The number of ether oxygens (including phenoxy) is 1. The van der Waals surface area contributed by atoms with Crippen molar-refractivity contribution in [1.82, 2.24) is 10.6 Å². The first-order valence-corrected chi connectivity index (χ1v) is 6.64. The van der Waals surface area contributed by atoms with Gasteiger partial charge in [-0.1, -0.05) is 12.1 Å². The summed E-state index contributed by atoms with van der Waals surface area (Å²) < 4.78 is 5.39. The molecule has 0 bridgehead atoms. The molecule has 0 saturated carbocycles. The van der Waals surface area contributed by atoms with E-state index >= 15 is 0 Å². The molecule has 0 aromatic heterocycles. The Morgan fingerprint density at radius 1 is 1.21 bits per heavy atom. The fraction of sp³-hybridized carbons (Fsp3) is 0.533. The van der Waals surface area contributed by atoms with Gasteiger partial charge in [0.05, 0.1) is 0 Å². The van der Waals surface area contributed by atoms with Crippen LogP contribution in [-0.2, 0) is 11.3 Å². The predicted molar refractivity (Wildman–Crippen MR) is 77.2 cm³/mol. The van der Waals surface area contributed by atoms with Crippen molar-refractivity contribution >= 4 is 5.91 Å². The molecule has 0 heterocycles. The lowest BCUT2D eigenvalue weighted by Gasteiger charge is -2.20. The van der Waals surface area contributed by atoms with E-state index in [1.165, 1.54) is 5.56 Å². The van der Waals surface area contributed by atoms with Crippen molar-refractivity contribution in [3.05, 3.63) is 29.8 Å². The maximum Gasteiger partial charge on any atom is 0.257 e. The van der Waals surface area contributed by atoms with E-state index in [1.54, 1.807) is 0 Å². The van der Waals surface area contributed by atoms with Crippen LogP contribution in [0, 0.1) is 0 Å². The van der Waals surface area contributed by atoms with Crippen molar-refractivity contribution in [3.63, 3.8) is 0 Å². The summed E-state index contributed by atoms with van der Waals surface area (Å²) in [5.74, 6) is 0.617. The third kappa shape index (κ3) is 6.82. The largest absolute Gasteiger partial charge is 0.484 e. The van der Waals surface area contributed by atoms with Gasteiger partial charge in [0, 0.05) is 18.6 Å². The fourth-order valence-electron chi connectivity index (χ4n) is 1.47. The van der Waals surface area contributed by atoms with Crippen molar-refractivity contribution in [2.45, 2.75) is 39.8 Å². The molecular formula is C15H24N2O2. The Balaban J connectivity index is 2.41. The number of carbonyl (C=O) groups is 1. The number of hydrogen-bond acceptors (Lipinski definition) is 3. The number of amides is 1. The molecule has 0 atom stereocenters. The van der Waals surface area contributed by atoms with Gasteiger partial charge in [0.15, 0.2) is 6.61 Å². The highest BCUT2D eigenvalue weighted by Gasteiger charge is 2.08. The molecule has 1 rings (SSSR count). The van der Waals surface area contributed by atoms with Crippen molar-refractivity contribution in [1.29, 1.82) is 0 Å². The molecule has 0 aliphatic carbocycles. The average molecular weight is 264 g/mol. The van der Waals surface area contributed by atoms with E-state index in [0.29, 0.717) is 12.3 Å². The second kappa shape index (κ2) is 7.14. The molecular weight excluding hydrogens is 240 g/mol. The van der Waals surface area contributed by atoms with Crippen molar-refractivity contribution in [2.75, 3.05) is 13.2 Å². The molecule has 0 aliphatic heterocycles. The molecule has 19 heavy (non-hydrogen) atoms. The van der Waals surface area contributed by atoms with Gasteiger partial charge in [0.25, 0.3) is 5.91 Å². The van der Waals surface area contributed by atoms with Crippen molar-refractivity contribution < 1.29 is 9.53 Å². The maximum absolute atomic E-state index is 11.3. The average Bonchev–Trinajstić information content (AvgIpc) is 2.34. The monoisotopic (exact) mass is 264 g/mol. The molecule has 106 valence electrons. The van der Waals surface area contributed by atoms with Gasteiger partial charge in [-0.15, -0.1) is 0 Å². The van der Waals surface area contributed by atoms with Gasteiger partial charge in [-0.2, -0.15) is 0 Å². The Morgan fingerprint density at radius 2 is 1.84 bits per heavy atom. The van der Waals surface area contributed by atoms with E-state index in [-0.39, 0.29) is 18.1 Å². The first-order valence-electron chi connectivity index (χ1n) is 6.64. The molecule has 4 heteroatoms. The zero-order valence-corrected chi connectivity index (χ0v) is 12.2. The first-order chi connectivity index (χ1) is 8.90. The smallest absolute Gasteiger partial charge is 0.257 e. The van der Waals surface area contributed by atoms with E-state index < -0.39 is 0 Å². The summed E-state index contributed by atoms with van der Waals surface area (Å²) in [5.41, 5.74) is 1.30. The minimum absolute atomic E-state index is 0.0629. The lowest BCUT2D eigenvalue weighted by atomic mass is 10.1. The first kappa shape index (κ1) is 15.5. The lowest BCUT2D eigenvalue weighted by molar-refractivity contribution is -0.122. The number of rotatable bonds is 6. The molecule has 0 fully saturated rings. The zero-order valence-electron chi connectivity index (χ0n) is 12.2. The normalized spacial score (nSPS) is 11.2. The van der Waals surface area contributed by atoms with Gasteiger partial charge in [-0.3, -0.25) is 4.79 Å². The minimum Gasteiger partial charge on any atom is -0.484 e. The Bertz CT molecular complexity index is 394. The summed E-state index contributed by atoms with van der Waals surface area (Å²) in [6.45, 7) is 9.80. The van der Waals surface area contributed by atoms with Crippen LogP contribution in [-0.4, -0.2) is 24.6 Å². The minimum atomic E-state index is -0.0963. The molecule has 2 N–H and O–H groups in total. The second-order valence-electron chi connectivity index (χ2n) is 5.49. The van der Waals surface area contributed by atoms with Gasteiger partial charge >= 0.3 is 0 Å². The summed E-state index contributed by atoms with van der Waals surface area (Å²) in [6, 6.07) is 7.79. The van der Waals surface area contributed by atoms with Gasteiger partial charge in [-0.05, 0) is 45.4 Å². The molecule has 4 nitrogen and oxygen atoms in total. The topological polar surface area (TPSA) is 50.4 Å². The van der Waals surface area contributed by atoms with Crippen LogP contribution in [0.1, 0.15) is 33.3 Å². The number of benzene rings is 1. The van der Waals surface area contributed by atoms with E-state index in [4.69, 9.17) is 4.74 Å². The van der Waals surface area contributed by atoms with Gasteiger partial charge in [-0.25, -0.2) is 0 Å². The summed E-state index contributed by atoms with van der Waals surface area (Å²) in [6.07, 6.45) is 0. The molecule has 0 aliphatic rings. The van der Waals surface area contributed by atoms with Crippen LogP contribution >= 0.6 is 0 Å². The Morgan fingerprint density at radius 3 is 2.37 bits per heavy atom. The molecule has 0 unspecified atom stereocenters. The van der Waals surface area contributed by atoms with Crippen LogP contribution in [0.15, 0.2) is 24.3 Å². The summed E-state index contributed by atoms with van der Waals surface area (Å²) in [5, 5.41) is 6.11. The molecule has 0 spiro atoms. The molecule has 0 saturated heterocycles. The Kier molecular flexibility index (Phi) is 5.83. The third-order valence-electron chi connectivity index (χ3n) is 2.49. The molecule has 1 aromatic rings. The van der Waals surface area contributed by atoms with Crippen LogP contribution in [0.5, 0.6) is 5.75 Å². The molecule has 0 radical (unpaired) electrons. The van der Waals surface area contributed by atoms with Crippen molar-refractivity contribution in [2.24, 2.45) is 0 Å². The van der Waals surface area contributed by atoms with Gasteiger partial charge in [0.1, 0.15) is 5.75 Å². The van der Waals surface area contributed by atoms with Crippen LogP contribution in [0.2, 0.25) is 0 Å². The molecule has 1 amide bonds. The maximum atomic E-state index is 11.3. The van der Waals surface area contributed by atoms with Crippen molar-refractivity contribution in [3.8, 4) is 5.75 Å². The van der Waals surface area contributed by atoms with Gasteiger partial charge in [0.2, 0.25) is 0 Å². The standard InChI is InChI=1S/C15H24N2O2/c1-5-16-14(18)11-19-13-8-6-12(7-9-13)10-17-15(2,3)4/h6-9,17H,5,10-11H2,1-4H3,(H,16,18). The van der Waals surface area contributed by atoms with E-state index in [0.717, 1.165) is 6.54 Å². The van der Waals surface area contributed by atoms with Crippen LogP contribution in [0.4, 0.5) is 0 Å². The van der Waals surface area contributed by atoms with Gasteiger partial charge < -0.3 is 15.4 Å². The number of carbonyl (C=O) groups excluding carboxylic acids is 1. The Labute approximate surface area is 115 Å². The highest BCUT2D eigenvalue weighted by Crippen LogP contribution is 2.12. The quantitative estimate of drug-likeness (QED) is 0.827. The lowest BCUT2D eigenvalue weighted by Crippen LogP contribution is -2.35. The highest BCUT2D eigenvalue weighted by atomic mass is 16.5. The predicted octanol–water partition coefficient (Wildman–Crippen LogP) is 2.09. The van der Waals surface area contributed by atoms with E-state index in [1.807, 2.05) is 31.2 Å². The number of likely N-dealkylation sites (N-methyl/N-ethyl adjacent to an activating group) is 1. The number of nitrogens with one attached hydrogen (secondary N) is 2. The van der Waals surface area contributed by atoms with Crippen LogP contribution < -0.4 is 15.4 Å². The van der Waals surface area contributed by atoms with E-state index in [9.17, 15) is 4.79 Å². The van der Waals surface area contributed by atoms with E-state index in [2.05, 4.69) is 31.4 Å². The third-order valence-corrected chi connectivity index (χ3v) is 2.49. The SMILES string of the molecule is CCNC(=O)COc1ccc(CNC(C)(C)C)cc1.